The van der Waals surface area contributed by atoms with Gasteiger partial charge in [-0.05, 0) is 32.4 Å². The SMILES string of the molecule is Cc1nc2cc(C)c(C)c(=O)n2[nH]1. The maximum absolute atomic E-state index is 11.7. The summed E-state index contributed by atoms with van der Waals surface area (Å²) in [7, 11) is 0. The molecular formula is C9H11N3O. The lowest BCUT2D eigenvalue weighted by molar-refractivity contribution is 0.882. The minimum absolute atomic E-state index is 0.0180. The van der Waals surface area contributed by atoms with Crippen LogP contribution < -0.4 is 5.56 Å². The molecule has 0 saturated carbocycles. The Balaban J connectivity index is 3.01. The molecule has 0 radical (unpaired) electrons. The Morgan fingerprint density at radius 3 is 2.77 bits per heavy atom. The number of H-pyrrole nitrogens is 1. The number of hydrogen-bond acceptors (Lipinski definition) is 2. The maximum atomic E-state index is 11.7. The van der Waals surface area contributed by atoms with Crippen LogP contribution in [0.3, 0.4) is 0 Å². The molecule has 0 fully saturated rings. The van der Waals surface area contributed by atoms with E-state index in [4.69, 9.17) is 0 Å². The molecule has 4 nitrogen and oxygen atoms in total. The van der Waals surface area contributed by atoms with Gasteiger partial charge in [0, 0.05) is 5.56 Å². The van der Waals surface area contributed by atoms with Crippen molar-refractivity contribution in [3.8, 4) is 0 Å². The third kappa shape index (κ3) is 1.06. The molecule has 0 bridgehead atoms. The van der Waals surface area contributed by atoms with Crippen LogP contribution in [0.1, 0.15) is 17.0 Å². The van der Waals surface area contributed by atoms with Gasteiger partial charge in [0.2, 0.25) is 0 Å². The molecule has 4 heteroatoms. The predicted octanol–water partition coefficient (Wildman–Crippen LogP) is 0.948. The molecule has 2 aromatic heterocycles. The van der Waals surface area contributed by atoms with Gasteiger partial charge in [0.15, 0.2) is 5.65 Å². The van der Waals surface area contributed by atoms with E-state index in [1.807, 2.05) is 26.8 Å². The van der Waals surface area contributed by atoms with E-state index in [-0.39, 0.29) is 5.56 Å². The number of aryl methyl sites for hydroxylation is 2. The molecule has 0 aliphatic carbocycles. The second-order valence-corrected chi connectivity index (χ2v) is 3.26. The van der Waals surface area contributed by atoms with Crippen molar-refractivity contribution in [1.29, 1.82) is 0 Å². The molecule has 0 aromatic carbocycles. The summed E-state index contributed by atoms with van der Waals surface area (Å²) in [6, 6.07) is 1.90. The van der Waals surface area contributed by atoms with Crippen molar-refractivity contribution >= 4 is 5.65 Å². The summed E-state index contributed by atoms with van der Waals surface area (Å²) < 4.78 is 1.47. The van der Waals surface area contributed by atoms with Crippen LogP contribution in [-0.4, -0.2) is 14.6 Å². The summed E-state index contributed by atoms with van der Waals surface area (Å²) in [5, 5.41) is 2.89. The van der Waals surface area contributed by atoms with Gasteiger partial charge in [-0.1, -0.05) is 0 Å². The van der Waals surface area contributed by atoms with Crippen molar-refractivity contribution in [2.24, 2.45) is 0 Å². The molecule has 68 valence electrons. The van der Waals surface area contributed by atoms with Crippen molar-refractivity contribution < 1.29 is 0 Å². The van der Waals surface area contributed by atoms with E-state index >= 15 is 0 Å². The zero-order valence-corrected chi connectivity index (χ0v) is 7.88. The van der Waals surface area contributed by atoms with Crippen LogP contribution >= 0.6 is 0 Å². The van der Waals surface area contributed by atoms with E-state index in [9.17, 15) is 4.79 Å². The summed E-state index contributed by atoms with van der Waals surface area (Å²) in [5.74, 6) is 0.752. The van der Waals surface area contributed by atoms with Gasteiger partial charge in [-0.3, -0.25) is 9.89 Å². The Bertz CT molecular complexity index is 521. The second-order valence-electron chi connectivity index (χ2n) is 3.26. The normalized spacial score (nSPS) is 11.0. The minimum atomic E-state index is -0.0180. The van der Waals surface area contributed by atoms with Gasteiger partial charge in [0.05, 0.1) is 0 Å². The topological polar surface area (TPSA) is 50.2 Å². The first-order chi connectivity index (χ1) is 6.09. The lowest BCUT2D eigenvalue weighted by Crippen LogP contribution is -2.17. The van der Waals surface area contributed by atoms with Crippen molar-refractivity contribution in [1.82, 2.24) is 14.6 Å². The molecule has 0 atom stereocenters. The Morgan fingerprint density at radius 1 is 1.38 bits per heavy atom. The number of aromatic nitrogens is 3. The third-order valence-corrected chi connectivity index (χ3v) is 2.25. The van der Waals surface area contributed by atoms with Crippen LogP contribution in [0, 0.1) is 20.8 Å². The zero-order valence-electron chi connectivity index (χ0n) is 7.88. The quantitative estimate of drug-likeness (QED) is 0.651. The summed E-state index contributed by atoms with van der Waals surface area (Å²) in [5.41, 5.74) is 2.42. The van der Waals surface area contributed by atoms with E-state index in [2.05, 4.69) is 10.1 Å². The van der Waals surface area contributed by atoms with Crippen LogP contribution in [0.5, 0.6) is 0 Å². The highest BCUT2D eigenvalue weighted by molar-refractivity contribution is 5.42. The molecule has 13 heavy (non-hydrogen) atoms. The summed E-state index contributed by atoms with van der Waals surface area (Å²) >= 11 is 0. The molecule has 2 heterocycles. The molecular weight excluding hydrogens is 166 g/mol. The average molecular weight is 177 g/mol. The highest BCUT2D eigenvalue weighted by Crippen LogP contribution is 2.04. The van der Waals surface area contributed by atoms with Gasteiger partial charge in [-0.25, -0.2) is 4.98 Å². The summed E-state index contributed by atoms with van der Waals surface area (Å²) in [6.07, 6.45) is 0. The predicted molar refractivity (Wildman–Crippen MR) is 50.0 cm³/mol. The van der Waals surface area contributed by atoms with Gasteiger partial charge in [-0.15, -0.1) is 0 Å². The van der Waals surface area contributed by atoms with E-state index in [1.54, 1.807) is 0 Å². The van der Waals surface area contributed by atoms with Crippen LogP contribution in [-0.2, 0) is 0 Å². The number of fused-ring (bicyclic) bond motifs is 1. The first-order valence-corrected chi connectivity index (χ1v) is 4.15. The van der Waals surface area contributed by atoms with Gasteiger partial charge < -0.3 is 0 Å². The van der Waals surface area contributed by atoms with Crippen molar-refractivity contribution in [3.63, 3.8) is 0 Å². The fourth-order valence-electron chi connectivity index (χ4n) is 1.36. The van der Waals surface area contributed by atoms with Crippen molar-refractivity contribution in [3.05, 3.63) is 33.4 Å². The van der Waals surface area contributed by atoms with E-state index in [0.29, 0.717) is 5.65 Å². The van der Waals surface area contributed by atoms with Gasteiger partial charge in [0.25, 0.3) is 5.56 Å². The number of hydrogen-bond donors (Lipinski definition) is 1. The molecule has 0 spiro atoms. The molecule has 2 rings (SSSR count). The Labute approximate surface area is 75.2 Å². The fraction of sp³-hybridized carbons (Fsp3) is 0.333. The lowest BCUT2D eigenvalue weighted by atomic mass is 10.2. The molecule has 2 aromatic rings. The highest BCUT2D eigenvalue weighted by Gasteiger charge is 2.05. The first kappa shape index (κ1) is 8.04. The molecule has 0 unspecified atom stereocenters. The van der Waals surface area contributed by atoms with Crippen LogP contribution in [0.15, 0.2) is 10.9 Å². The summed E-state index contributed by atoms with van der Waals surface area (Å²) in [4.78, 5) is 15.8. The summed E-state index contributed by atoms with van der Waals surface area (Å²) in [6.45, 7) is 5.57. The van der Waals surface area contributed by atoms with Crippen molar-refractivity contribution in [2.75, 3.05) is 0 Å². The number of pyridine rings is 1. The molecule has 0 saturated heterocycles. The van der Waals surface area contributed by atoms with Crippen LogP contribution in [0.2, 0.25) is 0 Å². The maximum Gasteiger partial charge on any atom is 0.274 e. The van der Waals surface area contributed by atoms with Gasteiger partial charge in [-0.2, -0.15) is 4.52 Å². The van der Waals surface area contributed by atoms with Gasteiger partial charge >= 0.3 is 0 Å². The molecule has 0 aliphatic rings. The molecule has 0 aliphatic heterocycles. The Kier molecular flexibility index (Phi) is 1.52. The van der Waals surface area contributed by atoms with Crippen molar-refractivity contribution in [2.45, 2.75) is 20.8 Å². The number of rotatable bonds is 0. The zero-order chi connectivity index (χ0) is 9.59. The third-order valence-electron chi connectivity index (χ3n) is 2.25. The monoisotopic (exact) mass is 177 g/mol. The number of nitrogens with one attached hydrogen (secondary N) is 1. The standard InChI is InChI=1S/C9H11N3O/c1-5-4-8-10-7(3)11-12(8)9(13)6(5)2/h4H,1-3H3,(H,10,11). The van der Waals surface area contributed by atoms with Crippen LogP contribution in [0.4, 0.5) is 0 Å². The van der Waals surface area contributed by atoms with E-state index in [1.165, 1.54) is 4.52 Å². The smallest absolute Gasteiger partial charge is 0.274 e. The Morgan fingerprint density at radius 2 is 2.08 bits per heavy atom. The number of aromatic amines is 1. The first-order valence-electron chi connectivity index (χ1n) is 4.15. The van der Waals surface area contributed by atoms with E-state index < -0.39 is 0 Å². The largest absolute Gasteiger partial charge is 0.277 e. The number of nitrogens with zero attached hydrogens (tertiary/aromatic N) is 2. The Hall–Kier alpha value is -1.58. The fourth-order valence-corrected chi connectivity index (χ4v) is 1.36. The second kappa shape index (κ2) is 2.45. The minimum Gasteiger partial charge on any atom is -0.277 e. The average Bonchev–Trinajstić information content (AvgIpc) is 2.42. The highest BCUT2D eigenvalue weighted by atomic mass is 16.1. The molecule has 0 amide bonds. The molecule has 1 N–H and O–H groups in total. The van der Waals surface area contributed by atoms with Crippen LogP contribution in [0.25, 0.3) is 5.65 Å². The van der Waals surface area contributed by atoms with Gasteiger partial charge in [0.1, 0.15) is 5.82 Å². The lowest BCUT2D eigenvalue weighted by Gasteiger charge is -1.98. The van der Waals surface area contributed by atoms with E-state index in [0.717, 1.165) is 17.0 Å².